The summed E-state index contributed by atoms with van der Waals surface area (Å²) in [7, 11) is 0. The van der Waals surface area contributed by atoms with Gasteiger partial charge in [0.05, 0.1) is 5.92 Å². The van der Waals surface area contributed by atoms with Crippen molar-refractivity contribution >= 4 is 29.2 Å². The fourth-order valence-corrected chi connectivity index (χ4v) is 4.32. The number of hydrogen-bond acceptors (Lipinski definition) is 4. The van der Waals surface area contributed by atoms with Gasteiger partial charge in [0.15, 0.2) is 0 Å². The molecule has 0 radical (unpaired) electrons. The van der Waals surface area contributed by atoms with Gasteiger partial charge < -0.3 is 16.0 Å². The SMILES string of the molecule is CC(=O)Nc1ccc(C#CC2(NC(=O)[C@@H]3CC(=O)Nc4ccccc43)CCCCC2)cn1. The number of carbonyl (C=O) groups is 3. The number of fused-ring (bicyclic) bond motifs is 1. The van der Waals surface area contributed by atoms with Crippen molar-refractivity contribution in [2.24, 2.45) is 0 Å². The lowest BCUT2D eigenvalue weighted by atomic mass is 9.80. The number of nitrogens with one attached hydrogen (secondary N) is 3. The Morgan fingerprint density at radius 2 is 1.91 bits per heavy atom. The second-order valence-corrected chi connectivity index (χ2v) is 8.39. The summed E-state index contributed by atoms with van der Waals surface area (Å²) in [6.45, 7) is 1.43. The van der Waals surface area contributed by atoms with E-state index in [1.807, 2.05) is 24.3 Å². The molecule has 1 aliphatic carbocycles. The first-order valence-corrected chi connectivity index (χ1v) is 10.9. The molecule has 1 aromatic heterocycles. The minimum atomic E-state index is -0.630. The summed E-state index contributed by atoms with van der Waals surface area (Å²) < 4.78 is 0. The number of para-hydroxylation sites is 1. The van der Waals surface area contributed by atoms with Crippen molar-refractivity contribution in [1.82, 2.24) is 10.3 Å². The topological polar surface area (TPSA) is 100 Å². The molecule has 7 nitrogen and oxygen atoms in total. The lowest BCUT2D eigenvalue weighted by Gasteiger charge is -2.35. The molecule has 0 unspecified atom stereocenters. The van der Waals surface area contributed by atoms with E-state index in [4.69, 9.17) is 0 Å². The molecule has 2 aromatic rings. The molecule has 0 spiro atoms. The largest absolute Gasteiger partial charge is 0.339 e. The molecule has 0 bridgehead atoms. The van der Waals surface area contributed by atoms with Crippen LogP contribution in [-0.4, -0.2) is 28.2 Å². The number of rotatable bonds is 3. The maximum atomic E-state index is 13.3. The Labute approximate surface area is 187 Å². The summed E-state index contributed by atoms with van der Waals surface area (Å²) in [6, 6.07) is 10.9. The zero-order valence-electron chi connectivity index (χ0n) is 18.0. The number of hydrogen-bond donors (Lipinski definition) is 3. The van der Waals surface area contributed by atoms with Crippen LogP contribution in [0.25, 0.3) is 0 Å². The van der Waals surface area contributed by atoms with Gasteiger partial charge in [-0.1, -0.05) is 49.3 Å². The van der Waals surface area contributed by atoms with Crippen LogP contribution < -0.4 is 16.0 Å². The lowest BCUT2D eigenvalue weighted by molar-refractivity contribution is -0.127. The Kier molecular flexibility index (Phi) is 6.22. The van der Waals surface area contributed by atoms with Gasteiger partial charge in [0.25, 0.3) is 0 Å². The van der Waals surface area contributed by atoms with E-state index in [0.717, 1.165) is 37.7 Å². The van der Waals surface area contributed by atoms with Gasteiger partial charge >= 0.3 is 0 Å². The molecular formula is C25H26N4O3. The van der Waals surface area contributed by atoms with Crippen LogP contribution in [0.4, 0.5) is 11.5 Å². The molecule has 2 heterocycles. The first kappa shape index (κ1) is 21.6. The van der Waals surface area contributed by atoms with E-state index in [1.165, 1.54) is 6.92 Å². The number of anilines is 2. The van der Waals surface area contributed by atoms with Gasteiger partial charge in [-0.2, -0.15) is 0 Å². The van der Waals surface area contributed by atoms with Crippen LogP contribution in [0.15, 0.2) is 42.6 Å². The minimum Gasteiger partial charge on any atom is -0.339 e. The van der Waals surface area contributed by atoms with Crippen molar-refractivity contribution in [3.8, 4) is 11.8 Å². The Morgan fingerprint density at radius 1 is 1.12 bits per heavy atom. The molecule has 32 heavy (non-hydrogen) atoms. The average molecular weight is 431 g/mol. The molecule has 4 rings (SSSR count). The number of aromatic nitrogens is 1. The van der Waals surface area contributed by atoms with Crippen molar-refractivity contribution in [1.29, 1.82) is 0 Å². The van der Waals surface area contributed by atoms with E-state index in [-0.39, 0.29) is 24.1 Å². The number of nitrogens with zero attached hydrogens (tertiary/aromatic N) is 1. The van der Waals surface area contributed by atoms with Crippen molar-refractivity contribution in [3.63, 3.8) is 0 Å². The van der Waals surface area contributed by atoms with Gasteiger partial charge in [-0.3, -0.25) is 14.4 Å². The Hall–Kier alpha value is -3.66. The monoisotopic (exact) mass is 430 g/mol. The van der Waals surface area contributed by atoms with Gasteiger partial charge in [-0.15, -0.1) is 0 Å². The van der Waals surface area contributed by atoms with E-state index in [1.54, 1.807) is 18.3 Å². The molecule has 164 valence electrons. The first-order valence-electron chi connectivity index (χ1n) is 10.9. The number of carbonyl (C=O) groups excluding carboxylic acids is 3. The highest BCUT2D eigenvalue weighted by Crippen LogP contribution is 2.34. The van der Waals surface area contributed by atoms with Crippen molar-refractivity contribution < 1.29 is 14.4 Å². The van der Waals surface area contributed by atoms with E-state index in [9.17, 15) is 14.4 Å². The lowest BCUT2D eigenvalue weighted by Crippen LogP contribution is -2.51. The quantitative estimate of drug-likeness (QED) is 0.650. The third-order valence-corrected chi connectivity index (χ3v) is 5.90. The Bertz CT molecular complexity index is 1090. The Morgan fingerprint density at radius 3 is 2.62 bits per heavy atom. The molecule has 1 aromatic carbocycles. The summed E-state index contributed by atoms with van der Waals surface area (Å²) in [6.07, 6.45) is 6.35. The molecule has 7 heteroatoms. The maximum absolute atomic E-state index is 13.3. The number of pyridine rings is 1. The van der Waals surface area contributed by atoms with E-state index >= 15 is 0 Å². The van der Waals surface area contributed by atoms with Crippen LogP contribution >= 0.6 is 0 Å². The van der Waals surface area contributed by atoms with Gasteiger partial charge in [-0.25, -0.2) is 4.98 Å². The van der Waals surface area contributed by atoms with E-state index in [2.05, 4.69) is 32.8 Å². The molecule has 1 atom stereocenters. The normalized spacial score (nSPS) is 18.9. The van der Waals surface area contributed by atoms with Gasteiger partial charge in [0.1, 0.15) is 11.4 Å². The van der Waals surface area contributed by atoms with E-state index < -0.39 is 11.5 Å². The summed E-state index contributed by atoms with van der Waals surface area (Å²) >= 11 is 0. The van der Waals surface area contributed by atoms with Crippen LogP contribution in [0.3, 0.4) is 0 Å². The van der Waals surface area contributed by atoms with Crippen molar-refractivity contribution in [2.45, 2.75) is 56.9 Å². The van der Waals surface area contributed by atoms with Gasteiger partial charge in [-0.05, 0) is 36.6 Å². The second kappa shape index (κ2) is 9.23. The molecule has 0 saturated heterocycles. The standard InChI is InChI=1S/C25H26N4O3/c1-17(30)27-22-10-9-18(16-26-22)11-14-25(12-5-2-6-13-25)29-24(32)20-15-23(31)28-21-8-4-3-7-19(20)21/h3-4,7-10,16,20H,2,5-6,12-13,15H2,1H3,(H,28,31)(H,29,32)(H,26,27,30)/t20-/m1/s1. The maximum Gasteiger partial charge on any atom is 0.229 e. The third-order valence-electron chi connectivity index (χ3n) is 5.90. The average Bonchev–Trinajstić information content (AvgIpc) is 2.78. The fraction of sp³-hybridized carbons (Fsp3) is 0.360. The molecule has 2 aliphatic rings. The van der Waals surface area contributed by atoms with Crippen LogP contribution in [0.2, 0.25) is 0 Å². The van der Waals surface area contributed by atoms with Crippen LogP contribution in [0.5, 0.6) is 0 Å². The minimum absolute atomic E-state index is 0.126. The van der Waals surface area contributed by atoms with Gasteiger partial charge in [0, 0.05) is 30.8 Å². The van der Waals surface area contributed by atoms with Crippen LogP contribution in [-0.2, 0) is 14.4 Å². The summed E-state index contributed by atoms with van der Waals surface area (Å²) in [5.74, 6) is 5.90. The smallest absolute Gasteiger partial charge is 0.229 e. The van der Waals surface area contributed by atoms with Gasteiger partial charge in [0.2, 0.25) is 17.7 Å². The number of amides is 3. The summed E-state index contributed by atoms with van der Waals surface area (Å²) in [4.78, 5) is 40.9. The molecule has 1 saturated carbocycles. The highest BCUT2D eigenvalue weighted by molar-refractivity contribution is 6.01. The third kappa shape index (κ3) is 4.97. The highest BCUT2D eigenvalue weighted by Gasteiger charge is 2.37. The van der Waals surface area contributed by atoms with Crippen molar-refractivity contribution in [2.75, 3.05) is 10.6 Å². The second-order valence-electron chi connectivity index (χ2n) is 8.39. The molecule has 1 aliphatic heterocycles. The number of benzene rings is 1. The zero-order valence-corrected chi connectivity index (χ0v) is 18.0. The van der Waals surface area contributed by atoms with Crippen LogP contribution in [0, 0.1) is 11.8 Å². The van der Waals surface area contributed by atoms with E-state index in [0.29, 0.717) is 17.1 Å². The Balaban J connectivity index is 1.56. The summed E-state index contributed by atoms with van der Waals surface area (Å²) in [5.41, 5.74) is 1.61. The predicted molar refractivity (Wildman–Crippen MR) is 122 cm³/mol. The zero-order chi connectivity index (χ0) is 22.6. The molecule has 3 N–H and O–H groups in total. The fourth-order valence-electron chi connectivity index (χ4n) is 4.32. The predicted octanol–water partition coefficient (Wildman–Crippen LogP) is 3.34. The van der Waals surface area contributed by atoms with Crippen molar-refractivity contribution in [3.05, 3.63) is 53.7 Å². The molecule has 3 amide bonds. The summed E-state index contributed by atoms with van der Waals surface area (Å²) in [5, 5.41) is 8.67. The first-order chi connectivity index (χ1) is 15.4. The molecular weight excluding hydrogens is 404 g/mol. The van der Waals surface area contributed by atoms with Crippen LogP contribution in [0.1, 0.15) is 62.5 Å². The highest BCUT2D eigenvalue weighted by atomic mass is 16.2. The molecule has 1 fully saturated rings.